The predicted octanol–water partition coefficient (Wildman–Crippen LogP) is 4.40. The first-order valence-corrected chi connectivity index (χ1v) is 9.83. The van der Waals surface area contributed by atoms with Gasteiger partial charge in [-0.3, -0.25) is 4.79 Å². The summed E-state index contributed by atoms with van der Waals surface area (Å²) in [6, 6.07) is 18.9. The molecule has 1 unspecified atom stereocenters. The van der Waals surface area contributed by atoms with E-state index >= 15 is 0 Å². The van der Waals surface area contributed by atoms with E-state index in [0.29, 0.717) is 0 Å². The lowest BCUT2D eigenvalue weighted by Crippen LogP contribution is -2.41. The Hall–Kier alpha value is -1.84. The zero-order valence-electron chi connectivity index (χ0n) is 16.0. The van der Waals surface area contributed by atoms with Crippen LogP contribution in [-0.4, -0.2) is 30.4 Å². The van der Waals surface area contributed by atoms with Crippen molar-refractivity contribution < 1.29 is 4.79 Å². The van der Waals surface area contributed by atoms with E-state index in [1.807, 2.05) is 6.07 Å². The fourth-order valence-corrected chi connectivity index (χ4v) is 4.15. The molecule has 1 amide bonds. The number of carbonyl (C=O) groups is 1. The Morgan fingerprint density at radius 1 is 1.07 bits per heavy atom. The molecule has 1 atom stereocenters. The van der Waals surface area contributed by atoms with Crippen molar-refractivity contribution in [1.29, 1.82) is 0 Å². The molecule has 4 heteroatoms. The number of rotatable bonds is 6. The van der Waals surface area contributed by atoms with Gasteiger partial charge in [0.1, 0.15) is 0 Å². The Labute approximate surface area is 168 Å². The topological polar surface area (TPSA) is 32.3 Å². The van der Waals surface area contributed by atoms with Crippen LogP contribution in [0.4, 0.5) is 0 Å². The van der Waals surface area contributed by atoms with E-state index in [1.54, 1.807) is 0 Å². The normalized spacial score (nSPS) is 19.1. The molecule has 0 aromatic heterocycles. The molecule has 3 nitrogen and oxygen atoms in total. The highest BCUT2D eigenvalue weighted by atomic mass is 35.5. The van der Waals surface area contributed by atoms with Crippen LogP contribution in [0.3, 0.4) is 0 Å². The van der Waals surface area contributed by atoms with Crippen molar-refractivity contribution in [2.75, 3.05) is 19.6 Å². The first-order chi connectivity index (χ1) is 12.7. The zero-order chi connectivity index (χ0) is 18.0. The number of hydrogen-bond donors (Lipinski definition) is 1. The summed E-state index contributed by atoms with van der Waals surface area (Å²) in [4.78, 5) is 15.7. The van der Waals surface area contributed by atoms with Crippen LogP contribution in [-0.2, 0) is 10.2 Å². The molecule has 1 saturated heterocycles. The first-order valence-electron chi connectivity index (χ1n) is 9.83. The number of nitrogens with one attached hydrogen (secondary N) is 1. The summed E-state index contributed by atoms with van der Waals surface area (Å²) >= 11 is 0. The van der Waals surface area contributed by atoms with Gasteiger partial charge in [-0.05, 0) is 56.8 Å². The van der Waals surface area contributed by atoms with Crippen molar-refractivity contribution in [2.45, 2.75) is 44.1 Å². The molecule has 0 radical (unpaired) electrons. The summed E-state index contributed by atoms with van der Waals surface area (Å²) < 4.78 is 0. The quantitative estimate of drug-likeness (QED) is 0.800. The lowest BCUT2D eigenvalue weighted by Gasteiger charge is -2.27. The average Bonchev–Trinajstić information content (AvgIpc) is 3.33. The molecule has 2 fully saturated rings. The maximum Gasteiger partial charge on any atom is 0.231 e. The van der Waals surface area contributed by atoms with Crippen molar-refractivity contribution in [3.63, 3.8) is 0 Å². The van der Waals surface area contributed by atoms with Gasteiger partial charge < -0.3 is 10.2 Å². The Morgan fingerprint density at radius 3 is 2.41 bits per heavy atom. The van der Waals surface area contributed by atoms with E-state index in [-0.39, 0.29) is 29.8 Å². The number of hydrogen-bond acceptors (Lipinski definition) is 2. The first kappa shape index (κ1) is 19.9. The molecule has 1 aliphatic heterocycles. The van der Waals surface area contributed by atoms with Gasteiger partial charge in [-0.25, -0.2) is 0 Å². The third-order valence-electron chi connectivity index (χ3n) is 5.90. The fraction of sp³-hybridized carbons (Fsp3) is 0.435. The van der Waals surface area contributed by atoms with Crippen LogP contribution in [0.1, 0.15) is 48.4 Å². The highest BCUT2D eigenvalue weighted by Crippen LogP contribution is 2.49. The molecule has 2 aromatic rings. The molecule has 27 heavy (non-hydrogen) atoms. The maximum absolute atomic E-state index is 13.3. The molecule has 1 heterocycles. The largest absolute Gasteiger partial charge is 0.347 e. The number of aryl methyl sites for hydroxylation is 1. The molecule has 2 aliphatic rings. The van der Waals surface area contributed by atoms with Crippen molar-refractivity contribution >= 4 is 18.3 Å². The minimum atomic E-state index is -0.315. The smallest absolute Gasteiger partial charge is 0.231 e. The second-order valence-corrected chi connectivity index (χ2v) is 7.90. The maximum atomic E-state index is 13.3. The summed E-state index contributed by atoms with van der Waals surface area (Å²) in [6.07, 6.45) is 4.44. The molecule has 144 valence electrons. The molecule has 1 N–H and O–H groups in total. The van der Waals surface area contributed by atoms with E-state index in [1.165, 1.54) is 29.5 Å². The van der Waals surface area contributed by atoms with Crippen LogP contribution < -0.4 is 5.32 Å². The highest BCUT2D eigenvalue weighted by Gasteiger charge is 2.51. The Kier molecular flexibility index (Phi) is 6.23. The molecular formula is C23H29ClN2O. The van der Waals surface area contributed by atoms with Crippen LogP contribution >= 0.6 is 12.4 Å². The molecule has 2 aromatic carbocycles. The van der Waals surface area contributed by atoms with Gasteiger partial charge in [0.15, 0.2) is 0 Å². The summed E-state index contributed by atoms with van der Waals surface area (Å²) in [5, 5.41) is 3.40. The monoisotopic (exact) mass is 384 g/mol. The van der Waals surface area contributed by atoms with Crippen molar-refractivity contribution in [1.82, 2.24) is 10.2 Å². The van der Waals surface area contributed by atoms with Crippen LogP contribution in [0, 0.1) is 6.92 Å². The van der Waals surface area contributed by atoms with Gasteiger partial charge in [-0.2, -0.15) is 0 Å². The van der Waals surface area contributed by atoms with Gasteiger partial charge in [-0.15, -0.1) is 12.4 Å². The van der Waals surface area contributed by atoms with Gasteiger partial charge in [0.05, 0.1) is 11.5 Å². The fourth-order valence-electron chi connectivity index (χ4n) is 4.15. The van der Waals surface area contributed by atoms with Gasteiger partial charge in [-0.1, -0.05) is 60.2 Å². The van der Waals surface area contributed by atoms with Gasteiger partial charge >= 0.3 is 0 Å². The highest BCUT2D eigenvalue weighted by molar-refractivity contribution is 5.91. The van der Waals surface area contributed by atoms with Crippen molar-refractivity contribution in [3.05, 3.63) is 71.3 Å². The average molecular weight is 385 g/mol. The molecule has 0 bridgehead atoms. The number of halogens is 1. The third-order valence-corrected chi connectivity index (χ3v) is 5.90. The number of likely N-dealkylation sites (tertiary alicyclic amines) is 1. The number of carbonyl (C=O) groups excluding carboxylic acids is 1. The Bertz CT molecular complexity index is 767. The standard InChI is InChI=1S/C23H28N2O.ClH/c1-18-8-7-11-20(16-18)23(12-13-23)22(26)24-21(17-25-14-5-6-15-25)19-9-3-2-4-10-19;/h2-4,7-11,16,21H,5-6,12-15,17H2,1H3,(H,24,26);1H. The van der Waals surface area contributed by atoms with Crippen LogP contribution in [0.5, 0.6) is 0 Å². The van der Waals surface area contributed by atoms with Crippen LogP contribution in [0.15, 0.2) is 54.6 Å². The summed E-state index contributed by atoms with van der Waals surface area (Å²) in [5.74, 6) is 0.191. The predicted molar refractivity (Wildman–Crippen MR) is 112 cm³/mol. The summed E-state index contributed by atoms with van der Waals surface area (Å²) in [7, 11) is 0. The Morgan fingerprint density at radius 2 is 1.78 bits per heavy atom. The molecule has 0 spiro atoms. The number of nitrogens with zero attached hydrogens (tertiary/aromatic N) is 1. The van der Waals surface area contributed by atoms with Gasteiger partial charge in [0, 0.05) is 6.54 Å². The minimum Gasteiger partial charge on any atom is -0.347 e. The molecular weight excluding hydrogens is 356 g/mol. The van der Waals surface area contributed by atoms with Crippen molar-refractivity contribution in [2.24, 2.45) is 0 Å². The molecule has 1 saturated carbocycles. The number of amides is 1. The minimum absolute atomic E-state index is 0. The van der Waals surface area contributed by atoms with Gasteiger partial charge in [0.25, 0.3) is 0 Å². The van der Waals surface area contributed by atoms with Crippen molar-refractivity contribution in [3.8, 4) is 0 Å². The summed E-state index contributed by atoms with van der Waals surface area (Å²) in [6.45, 7) is 5.28. The van der Waals surface area contributed by atoms with Crippen LogP contribution in [0.2, 0.25) is 0 Å². The lowest BCUT2D eigenvalue weighted by molar-refractivity contribution is -0.124. The zero-order valence-corrected chi connectivity index (χ0v) is 16.8. The second-order valence-electron chi connectivity index (χ2n) is 7.90. The number of benzene rings is 2. The van der Waals surface area contributed by atoms with Crippen LogP contribution in [0.25, 0.3) is 0 Å². The Balaban J connectivity index is 0.00000210. The third kappa shape index (κ3) is 4.36. The van der Waals surface area contributed by atoms with E-state index in [4.69, 9.17) is 0 Å². The van der Waals surface area contributed by atoms with Gasteiger partial charge in [0.2, 0.25) is 5.91 Å². The molecule has 1 aliphatic carbocycles. The summed E-state index contributed by atoms with van der Waals surface area (Å²) in [5.41, 5.74) is 3.28. The van der Waals surface area contributed by atoms with E-state index in [9.17, 15) is 4.79 Å². The lowest BCUT2D eigenvalue weighted by atomic mass is 9.93. The SMILES string of the molecule is Cc1cccc(C2(C(=O)NC(CN3CCCC3)c3ccccc3)CC2)c1.Cl. The molecule has 4 rings (SSSR count). The second kappa shape index (κ2) is 8.45. The van der Waals surface area contributed by atoms with E-state index < -0.39 is 0 Å². The van der Waals surface area contributed by atoms with E-state index in [0.717, 1.165) is 32.5 Å². The van der Waals surface area contributed by atoms with E-state index in [2.05, 4.69) is 65.7 Å².